The molecule has 0 radical (unpaired) electrons. The quantitative estimate of drug-likeness (QED) is 0.723. The van der Waals surface area contributed by atoms with Crippen molar-refractivity contribution in [2.45, 2.75) is 27.4 Å². The largest absolute Gasteiger partial charge is 0.472 e. The molecule has 2 heterocycles. The number of hydrogen-bond donors (Lipinski definition) is 0. The van der Waals surface area contributed by atoms with Gasteiger partial charge in [0.15, 0.2) is 0 Å². The molecule has 0 saturated carbocycles. The van der Waals surface area contributed by atoms with Crippen LogP contribution < -0.4 is 4.74 Å². The molecule has 102 valence electrons. The van der Waals surface area contributed by atoms with Gasteiger partial charge in [0.05, 0.1) is 5.39 Å². The number of hydrogen-bond acceptors (Lipinski definition) is 4. The summed E-state index contributed by atoms with van der Waals surface area (Å²) in [4.78, 5) is 10.9. The van der Waals surface area contributed by atoms with Crippen molar-refractivity contribution in [3.63, 3.8) is 0 Å². The van der Waals surface area contributed by atoms with Crippen molar-refractivity contribution in [1.82, 2.24) is 9.97 Å². The van der Waals surface area contributed by atoms with Crippen LogP contribution in [0.5, 0.6) is 5.88 Å². The zero-order valence-electron chi connectivity index (χ0n) is 11.8. The standard InChI is InChI=1S/C16H16N2OS/c1-10-4-6-13(7-5-10)8-19-15-14-11(2)12(3)20-16(14)18-9-17-15/h4-7,9H,8H2,1-3H3. The lowest BCUT2D eigenvalue weighted by Gasteiger charge is -2.07. The number of nitrogens with zero attached hydrogens (tertiary/aromatic N) is 2. The van der Waals surface area contributed by atoms with Crippen molar-refractivity contribution in [3.8, 4) is 5.88 Å². The Morgan fingerprint density at radius 1 is 1.05 bits per heavy atom. The molecule has 0 atom stereocenters. The van der Waals surface area contributed by atoms with E-state index in [0.717, 1.165) is 15.8 Å². The van der Waals surface area contributed by atoms with E-state index >= 15 is 0 Å². The van der Waals surface area contributed by atoms with E-state index in [0.29, 0.717) is 12.5 Å². The summed E-state index contributed by atoms with van der Waals surface area (Å²) >= 11 is 1.69. The summed E-state index contributed by atoms with van der Waals surface area (Å²) in [6.07, 6.45) is 1.57. The highest BCUT2D eigenvalue weighted by Gasteiger charge is 2.12. The lowest BCUT2D eigenvalue weighted by Crippen LogP contribution is -1.98. The van der Waals surface area contributed by atoms with Crippen molar-refractivity contribution in [1.29, 1.82) is 0 Å². The number of thiophene rings is 1. The van der Waals surface area contributed by atoms with Crippen molar-refractivity contribution in [2.75, 3.05) is 0 Å². The molecule has 0 spiro atoms. The number of aromatic nitrogens is 2. The smallest absolute Gasteiger partial charge is 0.225 e. The van der Waals surface area contributed by atoms with Gasteiger partial charge in [-0.2, -0.15) is 0 Å². The molecule has 0 amide bonds. The molecule has 3 nitrogen and oxygen atoms in total. The highest BCUT2D eigenvalue weighted by Crippen LogP contribution is 2.33. The molecule has 4 heteroatoms. The van der Waals surface area contributed by atoms with Crippen molar-refractivity contribution >= 4 is 21.6 Å². The molecule has 0 aliphatic carbocycles. The van der Waals surface area contributed by atoms with Gasteiger partial charge in [-0.25, -0.2) is 9.97 Å². The van der Waals surface area contributed by atoms with Gasteiger partial charge >= 0.3 is 0 Å². The van der Waals surface area contributed by atoms with Crippen molar-refractivity contribution in [2.24, 2.45) is 0 Å². The van der Waals surface area contributed by atoms with Gasteiger partial charge in [0.1, 0.15) is 17.8 Å². The van der Waals surface area contributed by atoms with Gasteiger partial charge in [0.2, 0.25) is 5.88 Å². The minimum Gasteiger partial charge on any atom is -0.472 e. The maximum atomic E-state index is 5.89. The average Bonchev–Trinajstić information content (AvgIpc) is 2.74. The van der Waals surface area contributed by atoms with Gasteiger partial charge < -0.3 is 4.74 Å². The molecular weight excluding hydrogens is 268 g/mol. The third-order valence-corrected chi connectivity index (χ3v) is 4.54. The topological polar surface area (TPSA) is 35.0 Å². The molecule has 0 aliphatic rings. The van der Waals surface area contributed by atoms with Crippen LogP contribution in [0.25, 0.3) is 10.2 Å². The van der Waals surface area contributed by atoms with Gasteiger partial charge in [-0.15, -0.1) is 11.3 Å². The summed E-state index contributed by atoms with van der Waals surface area (Å²) < 4.78 is 5.89. The zero-order valence-corrected chi connectivity index (χ0v) is 12.6. The fourth-order valence-electron chi connectivity index (χ4n) is 2.10. The predicted octanol–water partition coefficient (Wildman–Crippen LogP) is 4.20. The Balaban J connectivity index is 1.89. The van der Waals surface area contributed by atoms with E-state index in [9.17, 15) is 0 Å². The van der Waals surface area contributed by atoms with Gasteiger partial charge in [-0.05, 0) is 31.9 Å². The Morgan fingerprint density at radius 2 is 1.80 bits per heavy atom. The molecule has 1 aromatic carbocycles. The molecule has 0 N–H and O–H groups in total. The average molecular weight is 284 g/mol. The summed E-state index contributed by atoms with van der Waals surface area (Å²) in [6.45, 7) is 6.80. The second-order valence-corrected chi connectivity index (χ2v) is 6.12. The Labute approximate surface area is 122 Å². The highest BCUT2D eigenvalue weighted by atomic mass is 32.1. The van der Waals surface area contributed by atoms with Crippen LogP contribution in [-0.4, -0.2) is 9.97 Å². The summed E-state index contributed by atoms with van der Waals surface area (Å²) in [6, 6.07) is 8.35. The maximum absolute atomic E-state index is 5.89. The second-order valence-electron chi connectivity index (χ2n) is 4.92. The zero-order chi connectivity index (χ0) is 14.1. The highest BCUT2D eigenvalue weighted by molar-refractivity contribution is 7.18. The normalized spacial score (nSPS) is 10.9. The first-order chi connectivity index (χ1) is 9.65. The molecule has 2 aromatic heterocycles. The van der Waals surface area contributed by atoms with Crippen LogP contribution in [0.4, 0.5) is 0 Å². The van der Waals surface area contributed by atoms with Gasteiger partial charge in [0, 0.05) is 4.88 Å². The molecule has 0 saturated heterocycles. The van der Waals surface area contributed by atoms with Crippen LogP contribution in [0.3, 0.4) is 0 Å². The van der Waals surface area contributed by atoms with E-state index < -0.39 is 0 Å². The molecule has 0 fully saturated rings. The SMILES string of the molecule is Cc1ccc(COc2ncnc3sc(C)c(C)c23)cc1. The number of ether oxygens (including phenoxy) is 1. The summed E-state index contributed by atoms with van der Waals surface area (Å²) in [5.41, 5.74) is 3.61. The summed E-state index contributed by atoms with van der Waals surface area (Å²) in [7, 11) is 0. The van der Waals surface area contributed by atoms with Crippen molar-refractivity contribution in [3.05, 3.63) is 52.2 Å². The van der Waals surface area contributed by atoms with E-state index in [1.165, 1.54) is 16.0 Å². The van der Waals surface area contributed by atoms with Crippen LogP contribution >= 0.6 is 11.3 Å². The number of rotatable bonds is 3. The Bertz CT molecular complexity index is 747. The van der Waals surface area contributed by atoms with E-state index in [2.05, 4.69) is 55.0 Å². The molecule has 3 aromatic rings. The third kappa shape index (κ3) is 2.39. The molecule has 3 rings (SSSR count). The number of benzene rings is 1. The number of aryl methyl sites for hydroxylation is 3. The fourth-order valence-corrected chi connectivity index (χ4v) is 3.08. The molecule has 0 aliphatic heterocycles. The summed E-state index contributed by atoms with van der Waals surface area (Å²) in [5, 5.41) is 1.04. The van der Waals surface area contributed by atoms with E-state index in [1.807, 2.05) is 0 Å². The second kappa shape index (κ2) is 5.21. The van der Waals surface area contributed by atoms with Crippen LogP contribution in [0.2, 0.25) is 0 Å². The molecule has 20 heavy (non-hydrogen) atoms. The van der Waals surface area contributed by atoms with Crippen LogP contribution in [0, 0.1) is 20.8 Å². The maximum Gasteiger partial charge on any atom is 0.225 e. The Hall–Kier alpha value is -1.94. The van der Waals surface area contributed by atoms with Gasteiger partial charge in [-0.1, -0.05) is 29.8 Å². The van der Waals surface area contributed by atoms with E-state index in [1.54, 1.807) is 17.7 Å². The predicted molar refractivity (Wildman–Crippen MR) is 82.4 cm³/mol. The van der Waals surface area contributed by atoms with Crippen LogP contribution in [0.1, 0.15) is 21.6 Å². The Kier molecular flexibility index (Phi) is 3.40. The lowest BCUT2D eigenvalue weighted by molar-refractivity contribution is 0.297. The van der Waals surface area contributed by atoms with Gasteiger partial charge in [0.25, 0.3) is 0 Å². The number of fused-ring (bicyclic) bond motifs is 1. The van der Waals surface area contributed by atoms with E-state index in [-0.39, 0.29) is 0 Å². The lowest BCUT2D eigenvalue weighted by atomic mass is 10.2. The van der Waals surface area contributed by atoms with Gasteiger partial charge in [-0.3, -0.25) is 0 Å². The minimum absolute atomic E-state index is 0.528. The van der Waals surface area contributed by atoms with Crippen LogP contribution in [0.15, 0.2) is 30.6 Å². The first-order valence-corrected chi connectivity index (χ1v) is 7.36. The fraction of sp³-hybridized carbons (Fsp3) is 0.250. The molecule has 0 unspecified atom stereocenters. The first-order valence-electron chi connectivity index (χ1n) is 6.54. The Morgan fingerprint density at radius 3 is 2.55 bits per heavy atom. The molecule has 0 bridgehead atoms. The molecular formula is C16H16N2OS. The van der Waals surface area contributed by atoms with Crippen molar-refractivity contribution < 1.29 is 4.74 Å². The van der Waals surface area contributed by atoms with Crippen LogP contribution in [-0.2, 0) is 6.61 Å². The summed E-state index contributed by atoms with van der Waals surface area (Å²) in [5.74, 6) is 0.678. The monoisotopic (exact) mass is 284 g/mol. The first kappa shape index (κ1) is 13.1. The third-order valence-electron chi connectivity index (χ3n) is 3.43. The van der Waals surface area contributed by atoms with E-state index in [4.69, 9.17) is 4.74 Å². The minimum atomic E-state index is 0.528.